The Balaban J connectivity index is 2.23. The largest absolute Gasteiger partial charge is 0.755 e. The second-order valence-electron chi connectivity index (χ2n) is 6.03. The molecule has 1 saturated carbocycles. The normalized spacial score (nSPS) is 16.9. The van der Waals surface area contributed by atoms with Crippen molar-refractivity contribution in [1.82, 2.24) is 0 Å². The van der Waals surface area contributed by atoms with E-state index in [1.54, 1.807) is 26.0 Å². The molecule has 0 amide bonds. The maximum atomic E-state index is 12.3. The van der Waals surface area contributed by atoms with Crippen LogP contribution < -0.4 is 10.0 Å². The number of rotatable bonds is 6. The lowest BCUT2D eigenvalue weighted by atomic mass is 9.95. The quantitative estimate of drug-likeness (QED) is 0.613. The zero-order valence-corrected chi connectivity index (χ0v) is 14.3. The average Bonchev–Trinajstić information content (AvgIpc) is 2.48. The molecule has 23 heavy (non-hydrogen) atoms. The van der Waals surface area contributed by atoms with Gasteiger partial charge in [-0.05, 0) is 44.9 Å². The molecule has 0 aliphatic heterocycles. The second kappa shape index (κ2) is 8.31. The molecular formula is C16H23N2O4S-. The van der Waals surface area contributed by atoms with Crippen LogP contribution in [0.25, 0.3) is 0 Å². The fraction of sp³-hybridized carbons (Fsp3) is 0.562. The van der Waals surface area contributed by atoms with Gasteiger partial charge < -0.3 is 19.3 Å². The van der Waals surface area contributed by atoms with Crippen LogP contribution in [0.15, 0.2) is 18.2 Å². The standard InChI is InChI=1S/C16H24N2O4S/c1-11(2)22-16(19)14-10-13(18-23(20)21)8-9-15(14)17-12-6-4-3-5-7-12/h8-12,17-18H,3-7H2,1-2H3,(H,20,21)/p-1. The van der Waals surface area contributed by atoms with Crippen LogP contribution in [0.5, 0.6) is 0 Å². The third-order valence-corrected chi connectivity index (χ3v) is 4.15. The molecule has 1 aliphatic carbocycles. The van der Waals surface area contributed by atoms with Gasteiger partial charge in [-0.3, -0.25) is 4.21 Å². The van der Waals surface area contributed by atoms with E-state index in [-0.39, 0.29) is 6.10 Å². The monoisotopic (exact) mass is 339 g/mol. The van der Waals surface area contributed by atoms with Crippen LogP contribution >= 0.6 is 0 Å². The SMILES string of the molecule is CC(C)OC(=O)c1cc(NS(=O)[O-])ccc1NC1CCCCC1. The maximum absolute atomic E-state index is 12.3. The van der Waals surface area contributed by atoms with E-state index in [9.17, 15) is 13.6 Å². The molecule has 7 heteroatoms. The predicted molar refractivity (Wildman–Crippen MR) is 90.0 cm³/mol. The fourth-order valence-electron chi connectivity index (χ4n) is 2.74. The minimum absolute atomic E-state index is 0.240. The lowest BCUT2D eigenvalue weighted by Crippen LogP contribution is -2.24. The fourth-order valence-corrected chi connectivity index (χ4v) is 3.06. The molecule has 1 aromatic carbocycles. The summed E-state index contributed by atoms with van der Waals surface area (Å²) in [6.07, 6.45) is 5.51. The first-order valence-corrected chi connectivity index (χ1v) is 9.00. The third-order valence-electron chi connectivity index (χ3n) is 3.75. The molecule has 0 heterocycles. The number of carbonyl (C=O) groups is 1. The minimum Gasteiger partial charge on any atom is -0.755 e. The van der Waals surface area contributed by atoms with Crippen molar-refractivity contribution >= 4 is 28.6 Å². The zero-order chi connectivity index (χ0) is 16.8. The second-order valence-corrected chi connectivity index (χ2v) is 6.70. The molecule has 0 saturated heterocycles. The molecule has 0 aromatic heterocycles. The van der Waals surface area contributed by atoms with Gasteiger partial charge in [-0.25, -0.2) is 4.79 Å². The van der Waals surface area contributed by atoms with Crippen molar-refractivity contribution < 1.29 is 18.3 Å². The predicted octanol–water partition coefficient (Wildman–Crippen LogP) is 3.20. The highest BCUT2D eigenvalue weighted by Crippen LogP contribution is 2.27. The average molecular weight is 339 g/mol. The highest BCUT2D eigenvalue weighted by molar-refractivity contribution is 7.80. The molecule has 0 spiro atoms. The molecule has 0 bridgehead atoms. The van der Waals surface area contributed by atoms with Gasteiger partial charge in [0.1, 0.15) is 0 Å². The Labute approximate surface area is 139 Å². The molecule has 1 atom stereocenters. The molecular weight excluding hydrogens is 316 g/mol. The Morgan fingerprint density at radius 1 is 1.30 bits per heavy atom. The van der Waals surface area contributed by atoms with Gasteiger partial charge >= 0.3 is 5.97 Å². The van der Waals surface area contributed by atoms with E-state index in [0.29, 0.717) is 23.0 Å². The topological polar surface area (TPSA) is 90.5 Å². The zero-order valence-electron chi connectivity index (χ0n) is 13.5. The van der Waals surface area contributed by atoms with Gasteiger partial charge in [0.05, 0.1) is 11.7 Å². The van der Waals surface area contributed by atoms with Crippen molar-refractivity contribution in [3.63, 3.8) is 0 Å². The number of hydrogen-bond donors (Lipinski definition) is 2. The highest BCUT2D eigenvalue weighted by atomic mass is 32.2. The molecule has 2 rings (SSSR count). The molecule has 1 aromatic rings. The van der Waals surface area contributed by atoms with E-state index in [0.717, 1.165) is 12.8 Å². The van der Waals surface area contributed by atoms with E-state index in [2.05, 4.69) is 10.0 Å². The number of ether oxygens (including phenoxy) is 1. The van der Waals surface area contributed by atoms with Crippen LogP contribution in [0.4, 0.5) is 11.4 Å². The summed E-state index contributed by atoms with van der Waals surface area (Å²) in [6, 6.07) is 5.20. The molecule has 2 N–H and O–H groups in total. The molecule has 1 unspecified atom stereocenters. The number of benzene rings is 1. The lowest BCUT2D eigenvalue weighted by Gasteiger charge is -2.25. The number of hydrogen-bond acceptors (Lipinski definition) is 5. The summed E-state index contributed by atoms with van der Waals surface area (Å²) < 4.78 is 29.1. The van der Waals surface area contributed by atoms with Crippen molar-refractivity contribution in [1.29, 1.82) is 0 Å². The third kappa shape index (κ3) is 5.51. The van der Waals surface area contributed by atoms with Gasteiger partial charge in [-0.1, -0.05) is 19.3 Å². The van der Waals surface area contributed by atoms with Crippen molar-refractivity contribution in [2.24, 2.45) is 0 Å². The van der Waals surface area contributed by atoms with Gasteiger partial charge in [0, 0.05) is 28.7 Å². The number of esters is 1. The van der Waals surface area contributed by atoms with Crippen LogP contribution in [0, 0.1) is 0 Å². The summed E-state index contributed by atoms with van der Waals surface area (Å²) in [7, 11) is 0. The van der Waals surface area contributed by atoms with Crippen molar-refractivity contribution in [2.75, 3.05) is 10.0 Å². The Morgan fingerprint density at radius 3 is 2.61 bits per heavy atom. The summed E-state index contributed by atoms with van der Waals surface area (Å²) >= 11 is -2.43. The van der Waals surface area contributed by atoms with Crippen LogP contribution in [0.2, 0.25) is 0 Å². The number of anilines is 2. The molecule has 1 aliphatic rings. The van der Waals surface area contributed by atoms with Crippen molar-refractivity contribution in [3.05, 3.63) is 23.8 Å². The van der Waals surface area contributed by atoms with Crippen LogP contribution in [0.1, 0.15) is 56.3 Å². The van der Waals surface area contributed by atoms with Gasteiger partial charge in [0.2, 0.25) is 0 Å². The lowest BCUT2D eigenvalue weighted by molar-refractivity contribution is 0.0379. The Bertz CT molecular complexity index is 571. The molecule has 0 radical (unpaired) electrons. The summed E-state index contributed by atoms with van der Waals surface area (Å²) in [6.45, 7) is 3.56. The van der Waals surface area contributed by atoms with Gasteiger partial charge in [0.15, 0.2) is 0 Å². The number of carbonyl (C=O) groups excluding carboxylic acids is 1. The summed E-state index contributed by atoms with van der Waals surface area (Å²) in [5, 5.41) is 3.40. The van der Waals surface area contributed by atoms with Gasteiger partial charge in [0.25, 0.3) is 0 Å². The summed E-state index contributed by atoms with van der Waals surface area (Å²) in [5.41, 5.74) is 1.37. The maximum Gasteiger partial charge on any atom is 0.340 e. The molecule has 1 fully saturated rings. The molecule has 128 valence electrons. The Kier molecular flexibility index (Phi) is 6.41. The minimum atomic E-state index is -2.43. The van der Waals surface area contributed by atoms with Crippen molar-refractivity contribution in [2.45, 2.75) is 58.1 Å². The van der Waals surface area contributed by atoms with E-state index < -0.39 is 17.2 Å². The van der Waals surface area contributed by atoms with E-state index in [4.69, 9.17) is 4.74 Å². The first-order valence-electron chi connectivity index (χ1n) is 7.93. The Morgan fingerprint density at radius 2 is 2.00 bits per heavy atom. The summed E-state index contributed by atoms with van der Waals surface area (Å²) in [4.78, 5) is 12.3. The van der Waals surface area contributed by atoms with Crippen LogP contribution in [-0.2, 0) is 16.0 Å². The van der Waals surface area contributed by atoms with Crippen LogP contribution in [0.3, 0.4) is 0 Å². The first kappa shape index (κ1) is 17.7. The Hall–Kier alpha value is -1.60. The molecule has 6 nitrogen and oxygen atoms in total. The summed E-state index contributed by atoms with van der Waals surface area (Å²) in [5.74, 6) is -0.460. The van der Waals surface area contributed by atoms with Gasteiger partial charge in [-0.15, -0.1) is 0 Å². The smallest absolute Gasteiger partial charge is 0.340 e. The van der Waals surface area contributed by atoms with Crippen molar-refractivity contribution in [3.8, 4) is 0 Å². The first-order chi connectivity index (χ1) is 11.0. The van der Waals surface area contributed by atoms with E-state index in [1.165, 1.54) is 25.3 Å². The van der Waals surface area contributed by atoms with Gasteiger partial charge in [-0.2, -0.15) is 0 Å². The van der Waals surface area contributed by atoms with E-state index >= 15 is 0 Å². The van der Waals surface area contributed by atoms with Crippen LogP contribution in [-0.4, -0.2) is 26.9 Å². The highest BCUT2D eigenvalue weighted by Gasteiger charge is 2.19. The number of nitrogens with one attached hydrogen (secondary N) is 2. The van der Waals surface area contributed by atoms with E-state index in [1.807, 2.05) is 0 Å².